The Morgan fingerprint density at radius 3 is 0.864 bits per heavy atom. The molecule has 0 aliphatic heterocycles. The maximum absolute atomic E-state index is 14.9. The van der Waals surface area contributed by atoms with Gasteiger partial charge in [-0.1, -0.05) is 346 Å². The van der Waals surface area contributed by atoms with Crippen molar-refractivity contribution in [3.63, 3.8) is 0 Å². The molecule has 0 bridgehead atoms. The van der Waals surface area contributed by atoms with Crippen LogP contribution in [0.25, 0.3) is 178 Å². The number of rotatable bonds is 13. The van der Waals surface area contributed by atoms with Gasteiger partial charge in [0.15, 0.2) is 24.6 Å². The maximum atomic E-state index is 14.9. The second-order valence-corrected chi connectivity index (χ2v) is 29.8. The topological polar surface area (TPSA) is 133 Å². The van der Waals surface area contributed by atoms with E-state index < -0.39 is 7.14 Å². The zero-order valence-electron chi connectivity index (χ0n) is 59.3. The van der Waals surface area contributed by atoms with Crippen LogP contribution in [0.5, 0.6) is 0 Å². The first-order chi connectivity index (χ1) is 54.4. The fourth-order valence-corrected chi connectivity index (χ4v) is 17.5. The Morgan fingerprint density at radius 2 is 0.455 bits per heavy atom. The van der Waals surface area contributed by atoms with E-state index in [0.717, 1.165) is 177 Å². The Balaban J connectivity index is 0.000000149. The van der Waals surface area contributed by atoms with Gasteiger partial charge in [-0.05, 0) is 53.6 Å². The lowest BCUT2D eigenvalue weighted by Crippen LogP contribution is -2.24. The molecule has 0 spiro atoms. The van der Waals surface area contributed by atoms with E-state index in [1.54, 1.807) is 0 Å². The summed E-state index contributed by atoms with van der Waals surface area (Å²) in [7, 11) is -3.05. The number of hydrogen-bond acceptors (Lipinski definition) is 10. The molecule has 15 aromatic carbocycles. The quantitative estimate of drug-likeness (QED) is 0.0811. The molecule has 5 aromatic heterocycles. The monoisotopic (exact) mass is 1430 g/mol. The van der Waals surface area contributed by atoms with Gasteiger partial charge in [0.05, 0.1) is 67.3 Å². The molecule has 516 valence electrons. The van der Waals surface area contributed by atoms with Gasteiger partial charge < -0.3 is 4.57 Å². The lowest BCUT2D eigenvalue weighted by atomic mass is 9.96. The van der Waals surface area contributed by atoms with Crippen LogP contribution in [-0.2, 0) is 4.57 Å². The molecule has 0 saturated carbocycles. The summed E-state index contributed by atoms with van der Waals surface area (Å²) < 4.78 is 14.9. The Labute approximate surface area is 635 Å². The zero-order chi connectivity index (χ0) is 73.3. The molecule has 20 aromatic rings. The highest BCUT2D eigenvalue weighted by molar-refractivity contribution is 7.85. The summed E-state index contributed by atoms with van der Waals surface area (Å²) in [5.41, 5.74) is 21.1. The Bertz CT molecular complexity index is 6770. The predicted molar refractivity (Wildman–Crippen MR) is 452 cm³/mol. The Morgan fingerprint density at radius 1 is 0.173 bits per heavy atom. The van der Waals surface area contributed by atoms with Crippen LogP contribution in [0.15, 0.2) is 388 Å². The van der Waals surface area contributed by atoms with Crippen molar-refractivity contribution < 1.29 is 4.57 Å². The molecule has 0 radical (unpaired) electrons. The normalized spacial score (nSPS) is 11.5. The largest absolute Gasteiger partial charge is 0.309 e. The van der Waals surface area contributed by atoms with Gasteiger partial charge >= 0.3 is 0 Å². The van der Waals surface area contributed by atoms with Crippen molar-refractivity contribution >= 4 is 88.5 Å². The summed E-state index contributed by atoms with van der Waals surface area (Å²) >= 11 is 0. The number of hydrogen-bond donors (Lipinski definition) is 0. The average Bonchev–Trinajstić information content (AvgIpc) is 0.736. The van der Waals surface area contributed by atoms with Crippen LogP contribution < -0.4 is 15.9 Å². The molecule has 11 heteroatoms. The van der Waals surface area contributed by atoms with Crippen molar-refractivity contribution in [3.05, 3.63) is 388 Å². The van der Waals surface area contributed by atoms with Gasteiger partial charge in [-0.15, -0.1) is 0 Å². The third-order valence-corrected chi connectivity index (χ3v) is 23.3. The van der Waals surface area contributed by atoms with Gasteiger partial charge in [-0.3, -0.25) is 0 Å². The Kier molecular flexibility index (Phi) is 17.3. The van der Waals surface area contributed by atoms with Crippen LogP contribution in [0.4, 0.5) is 0 Å². The van der Waals surface area contributed by atoms with Gasteiger partial charge in [0, 0.05) is 98.3 Å². The van der Waals surface area contributed by atoms with E-state index in [0.29, 0.717) is 17.5 Å². The minimum Gasteiger partial charge on any atom is -0.309 e. The maximum Gasteiger partial charge on any atom is 0.171 e. The predicted octanol–water partition coefficient (Wildman–Crippen LogP) is 23.2. The molecular weight excluding hydrogens is 1360 g/mol. The van der Waals surface area contributed by atoms with E-state index in [1.165, 1.54) is 0 Å². The average molecular weight is 1430 g/mol. The molecule has 0 saturated heterocycles. The number of pyridine rings is 2. The summed E-state index contributed by atoms with van der Waals surface area (Å²) in [5, 5.41) is 8.58. The van der Waals surface area contributed by atoms with Crippen molar-refractivity contribution in [2.75, 3.05) is 0 Å². The number of para-hydroxylation sites is 2. The van der Waals surface area contributed by atoms with Gasteiger partial charge in [0.2, 0.25) is 0 Å². The Hall–Kier alpha value is -14.4. The lowest BCUT2D eigenvalue weighted by molar-refractivity contribution is 0.592. The molecule has 20 rings (SSSR count). The van der Waals surface area contributed by atoms with Crippen LogP contribution in [0.2, 0.25) is 0 Å². The SMILES string of the molecule is O=P(c1ccccc1)(c1ccccc1)c1ccc(-c2ccc(-c3nc4ccccc4c4c3ccc3nc(-c5ccccc5)c(-c5ccccc5)nc34)cc2)cc1.c1ccc(-c2nc(-c3ccccc3)nc(-c3cccc(-c4nc5ccccc5c5c4ccc4nc(-c6ccccc6)c(-c6ccccc6)nc45)c3)n2)cc1. The summed E-state index contributed by atoms with van der Waals surface area (Å²) in [6.07, 6.45) is 0. The summed E-state index contributed by atoms with van der Waals surface area (Å²) in [5.74, 6) is 1.83. The highest BCUT2D eigenvalue weighted by Gasteiger charge is 2.30. The first-order valence-electron chi connectivity index (χ1n) is 36.6. The van der Waals surface area contributed by atoms with Gasteiger partial charge in [0.25, 0.3) is 0 Å². The minimum atomic E-state index is -3.05. The number of nitrogens with zero attached hydrogens (tertiary/aromatic N) is 9. The minimum absolute atomic E-state index is 0.590. The summed E-state index contributed by atoms with van der Waals surface area (Å²) in [6.45, 7) is 0. The molecule has 0 unspecified atom stereocenters. The number of benzene rings is 15. The van der Waals surface area contributed by atoms with Crippen molar-refractivity contribution in [2.45, 2.75) is 0 Å². The number of aromatic nitrogens is 9. The molecular formula is C99H64N9OP. The van der Waals surface area contributed by atoms with E-state index in [9.17, 15) is 4.57 Å². The third-order valence-electron chi connectivity index (χ3n) is 20.2. The van der Waals surface area contributed by atoms with E-state index in [4.69, 9.17) is 44.9 Å². The first-order valence-corrected chi connectivity index (χ1v) is 38.3. The number of fused-ring (bicyclic) bond motifs is 10. The van der Waals surface area contributed by atoms with E-state index in [1.807, 2.05) is 231 Å². The molecule has 110 heavy (non-hydrogen) atoms. The highest BCUT2D eigenvalue weighted by Crippen LogP contribution is 2.45. The molecule has 0 fully saturated rings. The standard InChI is InChI=1S/C51H34N3OP.C48H30N6/c55-56(40-19-9-3-10-20-40,41-21-11-4-12-22-41)42-31-29-36(30-32-42)35-25-27-39(28-26-35)48-44-33-34-46-51(47(44)43-23-13-14-24-45(43)52-48)54-50(38-17-7-2-8-18-38)49(53-46)37-15-5-1-6-16-37;1-5-16-31(17-6-1)43-44(32-18-7-2-8-19-32)51-45-40(50-43)29-28-38-41(45)37-26-13-14-27-39(37)49-42(38)35-24-15-25-36(30-35)48-53-46(33-20-9-3-10-21-33)52-47(54-48)34-22-11-4-12-23-34/h1-34H;1-30H. The zero-order valence-corrected chi connectivity index (χ0v) is 60.2. The highest BCUT2D eigenvalue weighted by atomic mass is 31.2. The fourth-order valence-electron chi connectivity index (χ4n) is 14.9. The third kappa shape index (κ3) is 12.5. The second-order valence-electron chi connectivity index (χ2n) is 27.0. The van der Waals surface area contributed by atoms with Gasteiger partial charge in [-0.2, -0.15) is 0 Å². The molecule has 0 N–H and O–H groups in total. The van der Waals surface area contributed by atoms with Crippen molar-refractivity contribution in [1.29, 1.82) is 0 Å². The van der Waals surface area contributed by atoms with E-state index in [2.05, 4.69) is 158 Å². The van der Waals surface area contributed by atoms with Gasteiger partial charge in [0.1, 0.15) is 0 Å². The molecule has 0 aliphatic rings. The first kappa shape index (κ1) is 66.3. The molecule has 0 amide bonds. The van der Waals surface area contributed by atoms with Crippen LogP contribution in [-0.4, -0.2) is 44.9 Å². The molecule has 0 aliphatic carbocycles. The van der Waals surface area contributed by atoms with Crippen molar-refractivity contribution in [3.8, 4) is 113 Å². The molecule has 0 atom stereocenters. The molecule has 5 heterocycles. The van der Waals surface area contributed by atoms with Crippen LogP contribution in [0.1, 0.15) is 0 Å². The summed E-state index contributed by atoms with van der Waals surface area (Å²) in [4.78, 5) is 46.9. The van der Waals surface area contributed by atoms with E-state index in [-0.39, 0.29) is 0 Å². The second kappa shape index (κ2) is 28.8. The van der Waals surface area contributed by atoms with Crippen LogP contribution in [0, 0.1) is 0 Å². The van der Waals surface area contributed by atoms with Crippen LogP contribution >= 0.6 is 7.14 Å². The van der Waals surface area contributed by atoms with Crippen molar-refractivity contribution in [1.82, 2.24) is 44.9 Å². The van der Waals surface area contributed by atoms with Gasteiger partial charge in [-0.25, -0.2) is 44.9 Å². The molecule has 10 nitrogen and oxygen atoms in total. The van der Waals surface area contributed by atoms with E-state index >= 15 is 0 Å². The summed E-state index contributed by atoms with van der Waals surface area (Å²) in [6, 6.07) is 131. The lowest BCUT2D eigenvalue weighted by Gasteiger charge is -2.20. The fraction of sp³-hybridized carbons (Fsp3) is 0. The van der Waals surface area contributed by atoms with Crippen LogP contribution in [0.3, 0.4) is 0 Å². The van der Waals surface area contributed by atoms with Crippen molar-refractivity contribution in [2.24, 2.45) is 0 Å². The smallest absolute Gasteiger partial charge is 0.171 e.